The Kier molecular flexibility index (Phi) is 3.27. The first kappa shape index (κ1) is 10.8. The number of aliphatic carboxylic acids is 1. The lowest BCUT2D eigenvalue weighted by Gasteiger charge is -2.08. The van der Waals surface area contributed by atoms with Crippen LogP contribution in [0.3, 0.4) is 0 Å². The van der Waals surface area contributed by atoms with Crippen LogP contribution in [0.15, 0.2) is 24.3 Å². The third-order valence-electron chi connectivity index (χ3n) is 2.08. The molecule has 3 N–H and O–H groups in total. The van der Waals surface area contributed by atoms with Crippen molar-refractivity contribution in [2.24, 2.45) is 0 Å². The molecule has 1 aromatic rings. The van der Waals surface area contributed by atoms with Crippen molar-refractivity contribution < 1.29 is 19.9 Å². The Labute approximate surface area is 82.0 Å². The van der Waals surface area contributed by atoms with Gasteiger partial charge in [-0.3, -0.25) is 4.79 Å². The Balaban J connectivity index is 2.99. The van der Waals surface area contributed by atoms with Gasteiger partial charge in [0, 0.05) is 0 Å². The van der Waals surface area contributed by atoms with Crippen molar-refractivity contribution in [2.45, 2.75) is 12.8 Å². The highest BCUT2D eigenvalue weighted by molar-refractivity contribution is 6.58. The molecular formula is C9H11BO4. The summed E-state index contributed by atoms with van der Waals surface area (Å²) in [5.41, 5.74) is 0.860. The van der Waals surface area contributed by atoms with Crippen LogP contribution in [-0.2, 0) is 4.79 Å². The topological polar surface area (TPSA) is 77.8 Å². The fraction of sp³-hybridized carbons (Fsp3) is 0.222. The number of carboxylic acid groups (broad SMARTS) is 1. The van der Waals surface area contributed by atoms with E-state index in [1.54, 1.807) is 19.1 Å². The normalized spacial score (nSPS) is 12.2. The molecule has 1 atom stereocenters. The molecule has 0 saturated carbocycles. The van der Waals surface area contributed by atoms with Gasteiger partial charge in [-0.1, -0.05) is 24.3 Å². The molecule has 0 fully saturated rings. The molecule has 1 aromatic carbocycles. The molecule has 0 aromatic heterocycles. The van der Waals surface area contributed by atoms with Crippen LogP contribution in [0.25, 0.3) is 0 Å². The highest BCUT2D eigenvalue weighted by Gasteiger charge is 2.16. The molecule has 14 heavy (non-hydrogen) atoms. The zero-order valence-corrected chi connectivity index (χ0v) is 7.71. The van der Waals surface area contributed by atoms with Gasteiger partial charge in [0.2, 0.25) is 0 Å². The Bertz CT molecular complexity index is 337. The summed E-state index contributed by atoms with van der Waals surface area (Å²) in [5.74, 6) is -1.58. The molecule has 0 heterocycles. The van der Waals surface area contributed by atoms with Crippen molar-refractivity contribution in [3.8, 4) is 0 Å². The Morgan fingerprint density at radius 1 is 1.43 bits per heavy atom. The number of hydrogen-bond acceptors (Lipinski definition) is 3. The van der Waals surface area contributed by atoms with E-state index in [4.69, 9.17) is 15.2 Å². The molecule has 74 valence electrons. The van der Waals surface area contributed by atoms with Gasteiger partial charge in [0.15, 0.2) is 0 Å². The number of benzene rings is 1. The maximum Gasteiger partial charge on any atom is 0.488 e. The van der Waals surface area contributed by atoms with E-state index < -0.39 is 19.0 Å². The van der Waals surface area contributed by atoms with Crippen LogP contribution in [0.2, 0.25) is 0 Å². The molecule has 5 heteroatoms. The fourth-order valence-electron chi connectivity index (χ4n) is 1.13. The minimum atomic E-state index is -1.56. The Morgan fingerprint density at radius 3 is 2.57 bits per heavy atom. The summed E-state index contributed by atoms with van der Waals surface area (Å²) in [4.78, 5) is 10.7. The van der Waals surface area contributed by atoms with E-state index in [9.17, 15) is 4.79 Å². The number of hydrogen-bond donors (Lipinski definition) is 3. The lowest BCUT2D eigenvalue weighted by Crippen LogP contribution is -2.30. The van der Waals surface area contributed by atoms with Crippen LogP contribution in [0, 0.1) is 0 Å². The minimum Gasteiger partial charge on any atom is -0.481 e. The molecular weight excluding hydrogens is 183 g/mol. The Morgan fingerprint density at radius 2 is 2.07 bits per heavy atom. The second kappa shape index (κ2) is 4.26. The minimum absolute atomic E-state index is 0.301. The number of rotatable bonds is 3. The predicted octanol–water partition coefficient (Wildman–Crippen LogP) is -0.446. The van der Waals surface area contributed by atoms with E-state index in [0.717, 1.165) is 0 Å². The van der Waals surface area contributed by atoms with E-state index in [0.29, 0.717) is 11.0 Å². The van der Waals surface area contributed by atoms with Crippen LogP contribution in [0.1, 0.15) is 18.4 Å². The van der Waals surface area contributed by atoms with E-state index in [-0.39, 0.29) is 0 Å². The maximum absolute atomic E-state index is 10.7. The molecule has 0 aliphatic heterocycles. The van der Waals surface area contributed by atoms with E-state index in [1.165, 1.54) is 12.1 Å². The van der Waals surface area contributed by atoms with E-state index in [1.807, 2.05) is 0 Å². The summed E-state index contributed by atoms with van der Waals surface area (Å²) in [6.45, 7) is 1.55. The number of carbonyl (C=O) groups is 1. The van der Waals surface area contributed by atoms with Gasteiger partial charge in [-0.15, -0.1) is 0 Å². The van der Waals surface area contributed by atoms with Crippen LogP contribution < -0.4 is 5.46 Å². The molecule has 0 aliphatic carbocycles. The average molecular weight is 194 g/mol. The zero-order valence-electron chi connectivity index (χ0n) is 7.71. The van der Waals surface area contributed by atoms with Gasteiger partial charge in [-0.2, -0.15) is 0 Å². The summed E-state index contributed by atoms with van der Waals surface area (Å²) in [7, 11) is -1.56. The van der Waals surface area contributed by atoms with E-state index in [2.05, 4.69) is 0 Å². The van der Waals surface area contributed by atoms with E-state index >= 15 is 0 Å². The predicted molar refractivity (Wildman–Crippen MR) is 52.3 cm³/mol. The lowest BCUT2D eigenvalue weighted by atomic mass is 9.78. The van der Waals surface area contributed by atoms with Crippen molar-refractivity contribution in [1.82, 2.24) is 0 Å². The quantitative estimate of drug-likeness (QED) is 0.569. The third-order valence-corrected chi connectivity index (χ3v) is 2.08. The number of carboxylic acids is 1. The van der Waals surface area contributed by atoms with Gasteiger partial charge in [0.05, 0.1) is 5.92 Å². The van der Waals surface area contributed by atoms with Crippen molar-refractivity contribution in [3.63, 3.8) is 0 Å². The van der Waals surface area contributed by atoms with Crippen molar-refractivity contribution in [3.05, 3.63) is 29.8 Å². The fourth-order valence-corrected chi connectivity index (χ4v) is 1.13. The first-order chi connectivity index (χ1) is 6.52. The van der Waals surface area contributed by atoms with Crippen molar-refractivity contribution >= 4 is 18.6 Å². The molecule has 1 unspecified atom stereocenters. The summed E-state index contributed by atoms with van der Waals surface area (Å²) >= 11 is 0. The monoisotopic (exact) mass is 194 g/mol. The molecule has 0 spiro atoms. The summed E-state index contributed by atoms with van der Waals surface area (Å²) < 4.78 is 0. The van der Waals surface area contributed by atoms with Gasteiger partial charge < -0.3 is 15.2 Å². The first-order valence-electron chi connectivity index (χ1n) is 4.21. The van der Waals surface area contributed by atoms with Crippen LogP contribution in [-0.4, -0.2) is 28.2 Å². The summed E-state index contributed by atoms with van der Waals surface area (Å²) in [6.07, 6.45) is 0. The molecule has 1 rings (SSSR count). The molecule has 0 amide bonds. The molecule has 4 nitrogen and oxygen atoms in total. The maximum atomic E-state index is 10.7. The third kappa shape index (κ3) is 2.34. The highest BCUT2D eigenvalue weighted by atomic mass is 16.4. The lowest BCUT2D eigenvalue weighted by molar-refractivity contribution is -0.138. The van der Waals surface area contributed by atoms with Crippen LogP contribution in [0.4, 0.5) is 0 Å². The molecule has 0 aliphatic rings. The van der Waals surface area contributed by atoms with Gasteiger partial charge in [-0.05, 0) is 17.9 Å². The summed E-state index contributed by atoms with van der Waals surface area (Å²) in [6, 6.07) is 6.25. The van der Waals surface area contributed by atoms with Gasteiger partial charge in [0.1, 0.15) is 0 Å². The standard InChI is InChI=1S/C9H11BO4/c1-6(9(11)12)7-3-2-4-8(5-7)10(13)14/h2-6,13-14H,1H3,(H,11,12). The first-order valence-corrected chi connectivity index (χ1v) is 4.21. The Hall–Kier alpha value is -1.33. The average Bonchev–Trinajstić information content (AvgIpc) is 2.16. The second-order valence-electron chi connectivity index (χ2n) is 3.10. The van der Waals surface area contributed by atoms with Gasteiger partial charge in [0.25, 0.3) is 0 Å². The van der Waals surface area contributed by atoms with Crippen LogP contribution in [0.5, 0.6) is 0 Å². The smallest absolute Gasteiger partial charge is 0.481 e. The van der Waals surface area contributed by atoms with Crippen LogP contribution >= 0.6 is 0 Å². The van der Waals surface area contributed by atoms with Gasteiger partial charge >= 0.3 is 13.1 Å². The SMILES string of the molecule is CC(C(=O)O)c1cccc(B(O)O)c1. The molecule has 0 radical (unpaired) electrons. The molecule has 0 saturated heterocycles. The highest BCUT2D eigenvalue weighted by Crippen LogP contribution is 2.13. The zero-order chi connectivity index (χ0) is 10.7. The van der Waals surface area contributed by atoms with Crippen molar-refractivity contribution in [2.75, 3.05) is 0 Å². The molecule has 0 bridgehead atoms. The summed E-state index contributed by atoms with van der Waals surface area (Å²) in [5, 5.41) is 26.5. The van der Waals surface area contributed by atoms with Crippen molar-refractivity contribution in [1.29, 1.82) is 0 Å². The largest absolute Gasteiger partial charge is 0.488 e. The van der Waals surface area contributed by atoms with Gasteiger partial charge in [-0.25, -0.2) is 0 Å². The second-order valence-corrected chi connectivity index (χ2v) is 3.10.